The van der Waals surface area contributed by atoms with Crippen LogP contribution in [-0.2, 0) is 91.5 Å². The molecule has 0 aromatic carbocycles. The summed E-state index contributed by atoms with van der Waals surface area (Å²) >= 11 is -11.5. The summed E-state index contributed by atoms with van der Waals surface area (Å²) in [5, 5.41) is 19.0. The van der Waals surface area contributed by atoms with E-state index in [4.69, 9.17) is 42.4 Å². The first-order valence-electron chi connectivity index (χ1n) is 1.87. The van der Waals surface area contributed by atoms with Gasteiger partial charge in [-0.3, -0.25) is 0 Å². The third kappa shape index (κ3) is 637. The maximum atomic E-state index is 8.59. The molecule has 90 valence electrons. The van der Waals surface area contributed by atoms with E-state index in [0.717, 1.165) is 0 Å². The molecule has 0 aliphatic rings. The quantitative estimate of drug-likeness (QED) is 0.227. The number of hydrogen-bond donors (Lipinski definition) is 2. The normalized spacial score (nSPS) is 9.12. The van der Waals surface area contributed by atoms with E-state index in [0.29, 0.717) is 0 Å². The van der Waals surface area contributed by atoms with Crippen molar-refractivity contribution in [1.29, 1.82) is 0 Å². The Bertz CT molecular complexity index is 237. The molecule has 0 amide bonds. The maximum absolute atomic E-state index is 8.59. The summed E-state index contributed by atoms with van der Waals surface area (Å²) in [5.74, 6) is 0. The van der Waals surface area contributed by atoms with E-state index in [-0.39, 0.29) is 39.0 Å². The van der Waals surface area contributed by atoms with E-state index in [1.807, 2.05) is 0 Å². The van der Waals surface area contributed by atoms with Crippen LogP contribution in [0, 0.1) is 0 Å². The second-order valence-corrected chi connectivity index (χ2v) is 3.52. The van der Waals surface area contributed by atoms with Crippen molar-refractivity contribution in [3.05, 3.63) is 0 Å². The van der Waals surface area contributed by atoms with Gasteiger partial charge in [-0.05, 0) is 10.1 Å². The molecule has 2 N–H and O–H groups in total. The Balaban J connectivity index is -0.0000000358. The van der Waals surface area contributed by atoms with Crippen molar-refractivity contribution >= 4 is 0 Å². The Morgan fingerprint density at radius 2 is 0.750 bits per heavy atom. The molecule has 0 saturated carbocycles. The first kappa shape index (κ1) is 30.3. The van der Waals surface area contributed by atoms with Crippen LogP contribution in [0.4, 0.5) is 0 Å². The van der Waals surface area contributed by atoms with Crippen LogP contribution in [0.15, 0.2) is 0 Å². The zero-order valence-corrected chi connectivity index (χ0v) is 15.7. The predicted octanol–water partition coefficient (Wildman–Crippen LogP) is -5.36. The van der Waals surface area contributed by atoms with Crippen LogP contribution in [0.3, 0.4) is 0 Å². The van der Waals surface area contributed by atoms with Gasteiger partial charge in [-0.25, -0.2) is 10.5 Å². The summed E-state index contributed by atoms with van der Waals surface area (Å²) in [6, 6.07) is 0. The Kier molecular flexibility index (Phi) is 30.7. The summed E-state index contributed by atoms with van der Waals surface area (Å²) in [5.41, 5.74) is 0. The van der Waals surface area contributed by atoms with Gasteiger partial charge in [0.25, 0.3) is 0 Å². The Morgan fingerprint density at radius 3 is 0.750 bits per heavy atom. The van der Waals surface area contributed by atoms with Gasteiger partial charge < -0.3 is 0 Å². The summed E-state index contributed by atoms with van der Waals surface area (Å²) in [4.78, 5) is 0. The fourth-order valence-electron chi connectivity index (χ4n) is 0. The van der Waals surface area contributed by atoms with Crippen molar-refractivity contribution in [3.8, 4) is 0 Å². The molecule has 12 nitrogen and oxygen atoms in total. The smallest absolute Gasteiger partial charge is 2.00 e. The molecule has 0 heterocycles. The second kappa shape index (κ2) is 16.2. The van der Waals surface area contributed by atoms with Crippen molar-refractivity contribution < 1.29 is 119 Å². The third-order valence-electron chi connectivity index (χ3n) is 0.0333. The van der Waals surface area contributed by atoms with Crippen LogP contribution in [0.1, 0.15) is 0 Å². The fourth-order valence-corrected chi connectivity index (χ4v) is 0. The van der Waals surface area contributed by atoms with Gasteiger partial charge in [0.1, 0.15) is 0 Å². The molecule has 0 aromatic heterocycles. The Labute approximate surface area is 118 Å². The van der Waals surface area contributed by atoms with Gasteiger partial charge in [-0.1, -0.05) is 0 Å². The SMILES string of the molecule is OOOO.[O]=[Cr](=[O])([O-])[O-].[O]=[Cr](=[O])([O-])[O-].[Zn+2].[Zn+2]. The molecule has 0 atom stereocenters. The summed E-state index contributed by atoms with van der Waals surface area (Å²) < 4.78 is 68.8. The summed E-state index contributed by atoms with van der Waals surface area (Å²) in [7, 11) is 0. The molecule has 0 radical (unpaired) electrons. The average Bonchev–Trinajstić information content (AvgIpc) is 1.79. The monoisotopic (exact) mass is 426 g/mol. The minimum Gasteiger partial charge on any atom is 2.00 e. The third-order valence-corrected chi connectivity index (χ3v) is 0.0333. The molecule has 0 aliphatic heterocycles. The minimum atomic E-state index is -5.75. The van der Waals surface area contributed by atoms with Crippen LogP contribution in [-0.4, -0.2) is 10.5 Å². The van der Waals surface area contributed by atoms with Crippen LogP contribution >= 0.6 is 0 Å². The maximum Gasteiger partial charge on any atom is 2.00 e. The largest absolute Gasteiger partial charge is 2.00 e. The van der Waals surface area contributed by atoms with Gasteiger partial charge in [0.05, 0.1) is 0 Å². The van der Waals surface area contributed by atoms with Crippen LogP contribution in [0.2, 0.25) is 0 Å². The second-order valence-electron chi connectivity index (χ2n) is 0.966. The first-order valence-corrected chi connectivity index (χ1v) is 6.03. The van der Waals surface area contributed by atoms with Gasteiger partial charge in [0, 0.05) is 0 Å². The average molecular weight is 429 g/mol. The first-order chi connectivity index (χ1) is 5.91. The van der Waals surface area contributed by atoms with E-state index in [9.17, 15) is 0 Å². The Morgan fingerprint density at radius 1 is 0.688 bits per heavy atom. The molecular formula is H2Cr2O12Zn2. The van der Waals surface area contributed by atoms with Gasteiger partial charge in [0.15, 0.2) is 0 Å². The zero-order chi connectivity index (χ0) is 12.4. The van der Waals surface area contributed by atoms with E-state index in [1.165, 1.54) is 0 Å². The topological polar surface area (TPSA) is 219 Å². The molecule has 16 heavy (non-hydrogen) atoms. The molecule has 16 heteroatoms. The summed E-state index contributed by atoms with van der Waals surface area (Å²) in [6.07, 6.45) is 0. The molecule has 0 saturated heterocycles. The van der Waals surface area contributed by atoms with Crippen molar-refractivity contribution in [2.45, 2.75) is 0 Å². The molecule has 0 unspecified atom stereocenters. The van der Waals surface area contributed by atoms with Crippen molar-refractivity contribution in [2.24, 2.45) is 0 Å². The van der Waals surface area contributed by atoms with Crippen molar-refractivity contribution in [3.63, 3.8) is 0 Å². The molecule has 0 aliphatic carbocycles. The molecule has 0 fully saturated rings. The predicted molar refractivity (Wildman–Crippen MR) is 10.2 cm³/mol. The van der Waals surface area contributed by atoms with Gasteiger partial charge in [-0.2, -0.15) is 0 Å². The summed E-state index contributed by atoms with van der Waals surface area (Å²) in [6.45, 7) is 0. The minimum absolute atomic E-state index is 0. The zero-order valence-electron chi connectivity index (χ0n) is 7.21. The van der Waals surface area contributed by atoms with Gasteiger partial charge in [0.2, 0.25) is 0 Å². The molecule has 0 aromatic rings. The van der Waals surface area contributed by atoms with Crippen LogP contribution in [0.25, 0.3) is 0 Å². The van der Waals surface area contributed by atoms with Gasteiger partial charge >= 0.3 is 98.0 Å². The van der Waals surface area contributed by atoms with Crippen molar-refractivity contribution in [1.82, 2.24) is 0 Å². The fraction of sp³-hybridized carbons (Fsp3) is 0. The standard InChI is InChI=1S/2Cr.H2O4.8O.2Zn/c;;1-3-4-2;;;;;;;;;;/h;;1-2H;;;;;;;;;;/q;;;;;;;4*-1;2*+2. The van der Waals surface area contributed by atoms with E-state index >= 15 is 0 Å². The molecule has 0 bridgehead atoms. The molecule has 0 spiro atoms. The van der Waals surface area contributed by atoms with Crippen LogP contribution < -0.4 is 16.6 Å². The van der Waals surface area contributed by atoms with E-state index in [1.54, 1.807) is 0 Å². The number of rotatable bonds is 1. The molecular weight excluding hydrogens is 427 g/mol. The van der Waals surface area contributed by atoms with Crippen LogP contribution in [0.5, 0.6) is 0 Å². The van der Waals surface area contributed by atoms with E-state index in [2.05, 4.69) is 10.1 Å². The molecule has 0 rings (SSSR count). The Hall–Kier alpha value is 1.19. The number of hydrogen-bond acceptors (Lipinski definition) is 12. The van der Waals surface area contributed by atoms with Crippen molar-refractivity contribution in [2.75, 3.05) is 0 Å². The van der Waals surface area contributed by atoms with E-state index < -0.39 is 27.2 Å². The van der Waals surface area contributed by atoms with Gasteiger partial charge in [-0.15, -0.1) is 0 Å².